The molecule has 0 aromatic heterocycles. The molecule has 0 unspecified atom stereocenters. The summed E-state index contributed by atoms with van der Waals surface area (Å²) in [6.07, 6.45) is -1.28. The zero-order chi connectivity index (χ0) is 21.8. The van der Waals surface area contributed by atoms with E-state index in [0.717, 1.165) is 57.0 Å². The van der Waals surface area contributed by atoms with Crippen LogP contribution >= 0.6 is 24.0 Å². The predicted molar refractivity (Wildman–Crippen MR) is 125 cm³/mol. The van der Waals surface area contributed by atoms with Gasteiger partial charge in [0.05, 0.1) is 18.2 Å². The topological polar surface area (TPSA) is 55.3 Å². The van der Waals surface area contributed by atoms with Crippen LogP contribution in [0.4, 0.5) is 13.2 Å². The Bertz CT molecular complexity index is 637. The summed E-state index contributed by atoms with van der Waals surface area (Å²) in [5.41, 5.74) is -0.687. The summed E-state index contributed by atoms with van der Waals surface area (Å²) in [5, 5.41) is 3.29. The maximum atomic E-state index is 12.6. The second-order valence-corrected chi connectivity index (χ2v) is 7.01. The number of guanidine groups is 1. The second kappa shape index (κ2) is 14.7. The minimum atomic E-state index is -4.34. The standard InChI is InChI=1S/C21H32F3N3O3.HI/c1-3-25-20(27-12-9-19(10-13-27)29-15-4-14-28-2)26-11-16-30-18-7-5-17(6-8-18)21(22,23)24;/h5-8,19H,3-4,9-16H2,1-2H3,(H,25,26);1H. The van der Waals surface area contributed by atoms with Crippen molar-refractivity contribution in [1.82, 2.24) is 10.2 Å². The van der Waals surface area contributed by atoms with Crippen LogP contribution in [0.5, 0.6) is 5.75 Å². The SMILES string of the molecule is CCNC(=NCCOc1ccc(C(F)(F)F)cc1)N1CCC(OCCCOC)CC1.I. The summed E-state index contributed by atoms with van der Waals surface area (Å²) in [5.74, 6) is 1.22. The van der Waals surface area contributed by atoms with Crippen LogP contribution in [0.25, 0.3) is 0 Å². The van der Waals surface area contributed by atoms with Crippen molar-refractivity contribution in [2.45, 2.75) is 38.5 Å². The Kier molecular flexibility index (Phi) is 13.2. The fourth-order valence-corrected chi connectivity index (χ4v) is 3.17. The highest BCUT2D eigenvalue weighted by Gasteiger charge is 2.30. The number of piperidine rings is 1. The Balaban J connectivity index is 0.00000480. The molecular formula is C21H33F3IN3O3. The van der Waals surface area contributed by atoms with Gasteiger partial charge in [-0.25, -0.2) is 4.99 Å². The van der Waals surface area contributed by atoms with Gasteiger partial charge in [0, 0.05) is 40.0 Å². The molecule has 10 heteroatoms. The van der Waals surface area contributed by atoms with Crippen LogP contribution in [-0.4, -0.2) is 70.1 Å². The van der Waals surface area contributed by atoms with Gasteiger partial charge in [0.25, 0.3) is 0 Å². The van der Waals surface area contributed by atoms with E-state index >= 15 is 0 Å². The molecule has 0 saturated carbocycles. The van der Waals surface area contributed by atoms with Crippen LogP contribution in [0.2, 0.25) is 0 Å². The van der Waals surface area contributed by atoms with Gasteiger partial charge in [-0.15, -0.1) is 24.0 Å². The highest BCUT2D eigenvalue weighted by molar-refractivity contribution is 14.0. The number of hydrogen-bond donors (Lipinski definition) is 1. The lowest BCUT2D eigenvalue weighted by atomic mass is 10.1. The van der Waals surface area contributed by atoms with E-state index in [4.69, 9.17) is 14.2 Å². The van der Waals surface area contributed by atoms with Crippen molar-refractivity contribution in [1.29, 1.82) is 0 Å². The lowest BCUT2D eigenvalue weighted by molar-refractivity contribution is -0.137. The summed E-state index contributed by atoms with van der Waals surface area (Å²) in [7, 11) is 1.69. The Labute approximate surface area is 199 Å². The third-order valence-electron chi connectivity index (χ3n) is 4.73. The third kappa shape index (κ3) is 10.3. The van der Waals surface area contributed by atoms with Crippen LogP contribution in [0, 0.1) is 0 Å². The second-order valence-electron chi connectivity index (χ2n) is 7.01. The van der Waals surface area contributed by atoms with E-state index < -0.39 is 11.7 Å². The number of alkyl halides is 3. The maximum absolute atomic E-state index is 12.6. The maximum Gasteiger partial charge on any atom is 0.416 e. The minimum absolute atomic E-state index is 0. The van der Waals surface area contributed by atoms with Gasteiger partial charge in [0.1, 0.15) is 12.4 Å². The number of ether oxygens (including phenoxy) is 3. The van der Waals surface area contributed by atoms with E-state index in [1.807, 2.05) is 6.92 Å². The number of halogens is 4. The van der Waals surface area contributed by atoms with Crippen molar-refractivity contribution in [3.8, 4) is 5.75 Å². The minimum Gasteiger partial charge on any atom is -0.492 e. The first-order chi connectivity index (χ1) is 14.4. The Hall–Kier alpha value is -1.27. The van der Waals surface area contributed by atoms with Crippen molar-refractivity contribution >= 4 is 29.9 Å². The molecule has 2 rings (SSSR count). The van der Waals surface area contributed by atoms with Crippen LogP contribution in [-0.2, 0) is 15.7 Å². The molecule has 0 bridgehead atoms. The first kappa shape index (κ1) is 27.8. The average molecular weight is 559 g/mol. The number of aliphatic imine (C=N–C) groups is 1. The molecule has 1 heterocycles. The lowest BCUT2D eigenvalue weighted by Gasteiger charge is -2.34. The molecule has 1 saturated heterocycles. The smallest absolute Gasteiger partial charge is 0.416 e. The fraction of sp³-hybridized carbons (Fsp3) is 0.667. The molecule has 0 aliphatic carbocycles. The average Bonchev–Trinajstić information content (AvgIpc) is 2.74. The normalized spacial score (nSPS) is 15.5. The van der Waals surface area contributed by atoms with Crippen LogP contribution in [0.3, 0.4) is 0 Å². The first-order valence-corrected chi connectivity index (χ1v) is 10.4. The van der Waals surface area contributed by atoms with Crippen molar-refractivity contribution in [2.75, 3.05) is 53.1 Å². The molecule has 178 valence electrons. The zero-order valence-electron chi connectivity index (χ0n) is 18.1. The van der Waals surface area contributed by atoms with Gasteiger partial charge in [0.2, 0.25) is 0 Å². The molecule has 0 amide bonds. The lowest BCUT2D eigenvalue weighted by Crippen LogP contribution is -2.47. The largest absolute Gasteiger partial charge is 0.492 e. The molecule has 1 aliphatic rings. The summed E-state index contributed by atoms with van der Waals surface area (Å²) in [6, 6.07) is 4.69. The van der Waals surface area contributed by atoms with Crippen molar-refractivity contribution in [3.05, 3.63) is 29.8 Å². The van der Waals surface area contributed by atoms with E-state index in [9.17, 15) is 13.2 Å². The summed E-state index contributed by atoms with van der Waals surface area (Å²) < 4.78 is 54.2. The molecule has 1 fully saturated rings. The van der Waals surface area contributed by atoms with Gasteiger partial charge in [-0.1, -0.05) is 0 Å². The number of benzene rings is 1. The van der Waals surface area contributed by atoms with Gasteiger partial charge in [0.15, 0.2) is 5.96 Å². The Morgan fingerprint density at radius 2 is 1.81 bits per heavy atom. The van der Waals surface area contributed by atoms with Gasteiger partial charge in [-0.3, -0.25) is 0 Å². The number of rotatable bonds is 10. The summed E-state index contributed by atoms with van der Waals surface area (Å²) >= 11 is 0. The van der Waals surface area contributed by atoms with E-state index in [0.29, 0.717) is 32.1 Å². The highest BCUT2D eigenvalue weighted by atomic mass is 127. The van der Waals surface area contributed by atoms with Crippen molar-refractivity contribution < 1.29 is 27.4 Å². The predicted octanol–water partition coefficient (Wildman–Crippen LogP) is 4.19. The molecule has 1 aromatic rings. The third-order valence-corrected chi connectivity index (χ3v) is 4.73. The Morgan fingerprint density at radius 3 is 2.39 bits per heavy atom. The molecular weight excluding hydrogens is 526 g/mol. The molecule has 6 nitrogen and oxygen atoms in total. The molecule has 1 aliphatic heterocycles. The monoisotopic (exact) mass is 559 g/mol. The summed E-state index contributed by atoms with van der Waals surface area (Å²) in [4.78, 5) is 6.79. The van der Waals surface area contributed by atoms with E-state index in [1.165, 1.54) is 12.1 Å². The van der Waals surface area contributed by atoms with E-state index in [1.54, 1.807) is 7.11 Å². The van der Waals surface area contributed by atoms with Gasteiger partial charge in [-0.05, 0) is 50.5 Å². The number of likely N-dealkylation sites (tertiary alicyclic amines) is 1. The highest BCUT2D eigenvalue weighted by Crippen LogP contribution is 2.30. The van der Waals surface area contributed by atoms with Crippen LogP contribution < -0.4 is 10.1 Å². The van der Waals surface area contributed by atoms with Gasteiger partial charge >= 0.3 is 6.18 Å². The molecule has 31 heavy (non-hydrogen) atoms. The van der Waals surface area contributed by atoms with Crippen molar-refractivity contribution in [2.24, 2.45) is 4.99 Å². The number of methoxy groups -OCH3 is 1. The van der Waals surface area contributed by atoms with Crippen molar-refractivity contribution in [3.63, 3.8) is 0 Å². The quantitative estimate of drug-likeness (QED) is 0.202. The van der Waals surface area contributed by atoms with Crippen LogP contribution in [0.1, 0.15) is 31.7 Å². The Morgan fingerprint density at radius 1 is 1.13 bits per heavy atom. The first-order valence-electron chi connectivity index (χ1n) is 10.4. The van der Waals surface area contributed by atoms with E-state index in [-0.39, 0.29) is 30.1 Å². The van der Waals surface area contributed by atoms with Crippen LogP contribution in [0.15, 0.2) is 29.3 Å². The molecule has 1 N–H and O–H groups in total. The molecule has 0 spiro atoms. The summed E-state index contributed by atoms with van der Waals surface area (Å²) in [6.45, 7) is 6.63. The molecule has 0 atom stereocenters. The number of nitrogens with one attached hydrogen (secondary N) is 1. The van der Waals surface area contributed by atoms with E-state index in [2.05, 4.69) is 15.2 Å². The molecule has 0 radical (unpaired) electrons. The number of hydrogen-bond acceptors (Lipinski definition) is 4. The fourth-order valence-electron chi connectivity index (χ4n) is 3.17. The number of nitrogens with zero attached hydrogens (tertiary/aromatic N) is 2. The zero-order valence-corrected chi connectivity index (χ0v) is 20.4. The van der Waals surface area contributed by atoms with Gasteiger partial charge in [-0.2, -0.15) is 13.2 Å². The van der Waals surface area contributed by atoms with Gasteiger partial charge < -0.3 is 24.4 Å². The molecule has 1 aromatic carbocycles.